The molecule has 112 valence electrons. The summed E-state index contributed by atoms with van der Waals surface area (Å²) in [5.41, 5.74) is 1.81. The van der Waals surface area contributed by atoms with Crippen LogP contribution in [0, 0.1) is 17.2 Å². The lowest BCUT2D eigenvalue weighted by atomic mass is 10.2. The van der Waals surface area contributed by atoms with Gasteiger partial charge in [-0.3, -0.25) is 4.79 Å². The number of carbonyl (C=O) groups is 1. The minimum Gasteiger partial charge on any atom is -0.341 e. The van der Waals surface area contributed by atoms with Gasteiger partial charge in [-0.25, -0.2) is 4.68 Å². The molecule has 0 bridgehead atoms. The number of carbonyl (C=O) groups excluding carboxylic acids is 1. The van der Waals surface area contributed by atoms with Crippen molar-refractivity contribution in [1.29, 1.82) is 5.26 Å². The number of nitrogens with zero attached hydrogens (tertiary/aromatic N) is 4. The van der Waals surface area contributed by atoms with Crippen LogP contribution in [-0.2, 0) is 4.79 Å². The Labute approximate surface area is 130 Å². The molecule has 0 aliphatic rings. The van der Waals surface area contributed by atoms with Crippen molar-refractivity contribution in [2.45, 2.75) is 6.92 Å². The fourth-order valence-corrected chi connectivity index (χ4v) is 1.98. The molecule has 2 rings (SSSR count). The first-order chi connectivity index (χ1) is 10.6. The van der Waals surface area contributed by atoms with Crippen molar-refractivity contribution in [1.82, 2.24) is 14.7 Å². The number of likely N-dealkylation sites (N-methyl/N-ethyl adjacent to an activating group) is 1. The Morgan fingerprint density at radius 2 is 2.18 bits per heavy atom. The van der Waals surface area contributed by atoms with Gasteiger partial charge >= 0.3 is 0 Å². The van der Waals surface area contributed by atoms with Gasteiger partial charge in [-0.15, -0.1) is 0 Å². The number of hydrogen-bond donors (Lipinski definition) is 0. The van der Waals surface area contributed by atoms with Crippen molar-refractivity contribution >= 4 is 12.0 Å². The Morgan fingerprint density at radius 1 is 1.45 bits per heavy atom. The molecule has 0 spiro atoms. The maximum atomic E-state index is 11.9. The van der Waals surface area contributed by atoms with E-state index < -0.39 is 0 Å². The van der Waals surface area contributed by atoms with E-state index in [-0.39, 0.29) is 11.8 Å². The second-order valence-electron chi connectivity index (χ2n) is 5.14. The monoisotopic (exact) mass is 294 g/mol. The van der Waals surface area contributed by atoms with E-state index in [1.165, 1.54) is 11.0 Å². The number of hydrogen-bond acceptors (Lipinski definition) is 3. The van der Waals surface area contributed by atoms with E-state index in [0.29, 0.717) is 6.54 Å². The van der Waals surface area contributed by atoms with Crippen LogP contribution in [0.25, 0.3) is 11.8 Å². The smallest absolute Gasteiger partial charge is 0.246 e. The third kappa shape index (κ3) is 4.06. The van der Waals surface area contributed by atoms with E-state index >= 15 is 0 Å². The van der Waals surface area contributed by atoms with Crippen LogP contribution in [0.1, 0.15) is 12.5 Å². The van der Waals surface area contributed by atoms with Crippen LogP contribution in [0.3, 0.4) is 0 Å². The van der Waals surface area contributed by atoms with Gasteiger partial charge < -0.3 is 4.90 Å². The Hall–Kier alpha value is -2.87. The lowest BCUT2D eigenvalue weighted by Gasteiger charge is -2.15. The van der Waals surface area contributed by atoms with E-state index in [1.807, 2.05) is 36.5 Å². The Kier molecular flexibility index (Phi) is 5.10. The molecule has 0 fully saturated rings. The molecule has 5 heteroatoms. The predicted molar refractivity (Wildman–Crippen MR) is 85.0 cm³/mol. The van der Waals surface area contributed by atoms with Crippen LogP contribution in [0.5, 0.6) is 0 Å². The van der Waals surface area contributed by atoms with Crippen molar-refractivity contribution in [3.05, 3.63) is 54.4 Å². The predicted octanol–water partition coefficient (Wildman–Crippen LogP) is 2.50. The zero-order valence-corrected chi connectivity index (χ0v) is 12.7. The van der Waals surface area contributed by atoms with Gasteiger partial charge in [0.25, 0.3) is 0 Å². The van der Waals surface area contributed by atoms with Crippen LogP contribution in [-0.4, -0.2) is 34.2 Å². The molecular weight excluding hydrogens is 276 g/mol. The molecule has 0 saturated heterocycles. The third-order valence-electron chi connectivity index (χ3n) is 3.19. The molecule has 0 saturated carbocycles. The Balaban J connectivity index is 2.01. The van der Waals surface area contributed by atoms with Gasteiger partial charge in [0.2, 0.25) is 5.91 Å². The van der Waals surface area contributed by atoms with Crippen molar-refractivity contribution < 1.29 is 4.79 Å². The summed E-state index contributed by atoms with van der Waals surface area (Å²) in [5, 5.41) is 13.0. The Bertz CT molecular complexity index is 697. The zero-order chi connectivity index (χ0) is 15.9. The summed E-state index contributed by atoms with van der Waals surface area (Å²) in [6, 6.07) is 11.9. The number of para-hydroxylation sites is 1. The topological polar surface area (TPSA) is 61.9 Å². The second-order valence-corrected chi connectivity index (χ2v) is 5.14. The summed E-state index contributed by atoms with van der Waals surface area (Å²) in [5.74, 6) is -0.308. The highest BCUT2D eigenvalue weighted by molar-refractivity contribution is 5.91. The molecule has 2 aromatic rings. The minimum atomic E-state index is -0.178. The average Bonchev–Trinajstić information content (AvgIpc) is 3.02. The summed E-state index contributed by atoms with van der Waals surface area (Å²) in [6.07, 6.45) is 6.78. The maximum absolute atomic E-state index is 11.9. The van der Waals surface area contributed by atoms with Crippen LogP contribution >= 0.6 is 0 Å². The van der Waals surface area contributed by atoms with E-state index in [2.05, 4.69) is 11.2 Å². The lowest BCUT2D eigenvalue weighted by molar-refractivity contribution is -0.125. The standard InChI is InChI=1S/C17H18N4O/c1-14(10-18)12-20(2)17(22)9-8-15-11-19-21(13-15)16-6-4-3-5-7-16/h3-9,11,13-14H,12H2,1-2H3/b9-8+. The molecule has 1 aromatic carbocycles. The van der Waals surface area contributed by atoms with Gasteiger partial charge in [0.05, 0.1) is 23.9 Å². The minimum absolute atomic E-state index is 0.130. The quantitative estimate of drug-likeness (QED) is 0.796. The second kappa shape index (κ2) is 7.23. The number of rotatable bonds is 5. The number of aromatic nitrogens is 2. The summed E-state index contributed by atoms with van der Waals surface area (Å²) in [7, 11) is 1.69. The molecular formula is C17H18N4O. The van der Waals surface area contributed by atoms with Gasteiger partial charge in [-0.2, -0.15) is 10.4 Å². The van der Waals surface area contributed by atoms with Crippen LogP contribution in [0.4, 0.5) is 0 Å². The van der Waals surface area contributed by atoms with Gasteiger partial charge in [-0.1, -0.05) is 18.2 Å². The molecule has 1 aromatic heterocycles. The summed E-state index contributed by atoms with van der Waals surface area (Å²) in [4.78, 5) is 13.5. The lowest BCUT2D eigenvalue weighted by Crippen LogP contribution is -2.29. The Morgan fingerprint density at radius 3 is 2.86 bits per heavy atom. The SMILES string of the molecule is CC(C#N)CN(C)C(=O)/C=C/c1cnn(-c2ccccc2)c1. The molecule has 1 unspecified atom stereocenters. The summed E-state index contributed by atoms with van der Waals surface area (Å²) < 4.78 is 1.76. The fraction of sp³-hybridized carbons (Fsp3) is 0.235. The maximum Gasteiger partial charge on any atom is 0.246 e. The molecule has 0 aliphatic carbocycles. The van der Waals surface area contributed by atoms with Crippen molar-refractivity contribution in [3.8, 4) is 11.8 Å². The number of amides is 1. The molecule has 0 N–H and O–H groups in total. The number of nitriles is 1. The normalized spacial score (nSPS) is 12.0. The largest absolute Gasteiger partial charge is 0.341 e. The van der Waals surface area contributed by atoms with E-state index in [1.54, 1.807) is 30.9 Å². The molecule has 0 aliphatic heterocycles. The van der Waals surface area contributed by atoms with Gasteiger partial charge in [0, 0.05) is 31.4 Å². The van der Waals surface area contributed by atoms with Crippen molar-refractivity contribution in [2.24, 2.45) is 5.92 Å². The first-order valence-corrected chi connectivity index (χ1v) is 7.03. The zero-order valence-electron chi connectivity index (χ0n) is 12.7. The molecule has 1 atom stereocenters. The van der Waals surface area contributed by atoms with Crippen LogP contribution in [0.15, 0.2) is 48.8 Å². The first kappa shape index (κ1) is 15.5. The highest BCUT2D eigenvalue weighted by Crippen LogP contribution is 2.09. The van der Waals surface area contributed by atoms with Crippen molar-refractivity contribution in [3.63, 3.8) is 0 Å². The van der Waals surface area contributed by atoms with E-state index in [9.17, 15) is 4.79 Å². The molecule has 1 heterocycles. The fourth-order valence-electron chi connectivity index (χ4n) is 1.98. The van der Waals surface area contributed by atoms with E-state index in [0.717, 1.165) is 11.3 Å². The molecule has 1 amide bonds. The van der Waals surface area contributed by atoms with Crippen LogP contribution < -0.4 is 0 Å². The number of benzene rings is 1. The average molecular weight is 294 g/mol. The molecule has 5 nitrogen and oxygen atoms in total. The van der Waals surface area contributed by atoms with Crippen molar-refractivity contribution in [2.75, 3.05) is 13.6 Å². The third-order valence-corrected chi connectivity index (χ3v) is 3.19. The molecule has 0 radical (unpaired) electrons. The summed E-state index contributed by atoms with van der Waals surface area (Å²) >= 11 is 0. The van der Waals surface area contributed by atoms with E-state index in [4.69, 9.17) is 5.26 Å². The van der Waals surface area contributed by atoms with Gasteiger partial charge in [0.15, 0.2) is 0 Å². The summed E-state index contributed by atoms with van der Waals surface area (Å²) in [6.45, 7) is 2.21. The van der Waals surface area contributed by atoms with Crippen LogP contribution in [0.2, 0.25) is 0 Å². The highest BCUT2D eigenvalue weighted by atomic mass is 16.2. The molecule has 22 heavy (non-hydrogen) atoms. The van der Waals surface area contributed by atoms with Gasteiger partial charge in [-0.05, 0) is 25.1 Å². The van der Waals surface area contributed by atoms with Gasteiger partial charge in [0.1, 0.15) is 0 Å². The highest BCUT2D eigenvalue weighted by Gasteiger charge is 2.09. The first-order valence-electron chi connectivity index (χ1n) is 7.03.